The predicted molar refractivity (Wildman–Crippen MR) is 82.4 cm³/mol. The van der Waals surface area contributed by atoms with E-state index in [0.717, 1.165) is 4.57 Å². The van der Waals surface area contributed by atoms with Gasteiger partial charge in [-0.25, -0.2) is 4.79 Å². The molecule has 2 heterocycles. The predicted octanol–water partition coefficient (Wildman–Crippen LogP) is -0.981. The largest absolute Gasteiger partial charge is 0.394 e. The van der Waals surface area contributed by atoms with Gasteiger partial charge in [0.15, 0.2) is 6.23 Å². The molecule has 0 spiro atoms. The van der Waals surface area contributed by atoms with Gasteiger partial charge < -0.3 is 25.4 Å². The van der Waals surface area contributed by atoms with E-state index in [4.69, 9.17) is 15.2 Å². The zero-order valence-electron chi connectivity index (χ0n) is 12.7. The van der Waals surface area contributed by atoms with E-state index in [-0.39, 0.29) is 12.4 Å². The Bertz CT molecular complexity index is 691. The van der Waals surface area contributed by atoms with Gasteiger partial charge >= 0.3 is 5.69 Å². The van der Waals surface area contributed by atoms with Gasteiger partial charge in [0.25, 0.3) is 0 Å². The lowest BCUT2D eigenvalue weighted by Crippen LogP contribution is -2.38. The van der Waals surface area contributed by atoms with Crippen molar-refractivity contribution in [2.24, 2.45) is 0 Å². The molecule has 1 aromatic heterocycles. The van der Waals surface area contributed by atoms with Crippen molar-refractivity contribution in [3.8, 4) is 11.8 Å². The maximum Gasteiger partial charge on any atom is 0.351 e. The molecule has 1 fully saturated rings. The molecule has 1 aliphatic rings. The normalized spacial score (nSPS) is 26.6. The summed E-state index contributed by atoms with van der Waals surface area (Å²) in [6, 6.07) is 0. The first-order valence-corrected chi connectivity index (χ1v) is 7.01. The van der Waals surface area contributed by atoms with Crippen LogP contribution < -0.4 is 11.4 Å². The highest BCUT2D eigenvalue weighted by molar-refractivity contribution is 5.48. The molecule has 4 N–H and O–H groups in total. The van der Waals surface area contributed by atoms with Crippen LogP contribution in [-0.4, -0.2) is 51.3 Å². The van der Waals surface area contributed by atoms with Crippen LogP contribution in [0.1, 0.15) is 18.7 Å². The summed E-state index contributed by atoms with van der Waals surface area (Å²) in [6.45, 7) is 4.91. The Morgan fingerprint density at radius 2 is 2.39 bits per heavy atom. The Morgan fingerprint density at radius 1 is 1.65 bits per heavy atom. The average molecular weight is 321 g/mol. The van der Waals surface area contributed by atoms with Crippen LogP contribution in [0.25, 0.3) is 0 Å². The lowest BCUT2D eigenvalue weighted by atomic mass is 10.1. The van der Waals surface area contributed by atoms with E-state index >= 15 is 0 Å². The topological polar surface area (TPSA) is 120 Å². The minimum absolute atomic E-state index is 0.0152. The number of aliphatic hydroxyl groups is 2. The second kappa shape index (κ2) is 7.39. The van der Waals surface area contributed by atoms with Crippen LogP contribution in [0.2, 0.25) is 0 Å². The Labute approximate surface area is 133 Å². The second-order valence-electron chi connectivity index (χ2n) is 4.93. The fraction of sp³-hybridized carbons (Fsp3) is 0.467. The van der Waals surface area contributed by atoms with Crippen molar-refractivity contribution in [2.45, 2.75) is 31.5 Å². The van der Waals surface area contributed by atoms with E-state index in [1.165, 1.54) is 12.3 Å². The number of rotatable bonds is 5. The highest BCUT2D eigenvalue weighted by Crippen LogP contribution is 2.31. The molecule has 0 amide bonds. The first-order valence-electron chi connectivity index (χ1n) is 7.01. The van der Waals surface area contributed by atoms with E-state index in [0.29, 0.717) is 5.56 Å². The van der Waals surface area contributed by atoms with Crippen molar-refractivity contribution < 1.29 is 19.7 Å². The molecule has 1 aromatic rings. The standard InChI is InChI=1S/C15H19N3O5/c1-3-5-9-7-18(15(21)17-13(9)16)14-12(22-6-4-2)11(20)10(8-19)23-14/h4,7,10-12,14,19-20H,2,6,8H2,1H3,(H2,16,17,21)/t10-,11-,12-,14-/m1/s1. The number of ether oxygens (including phenoxy) is 2. The van der Waals surface area contributed by atoms with Crippen molar-refractivity contribution in [3.05, 3.63) is 34.9 Å². The SMILES string of the molecule is C=CCO[C@@H]1[C@H](O)[C@@H](CO)O[C@H]1n1cc(C#CC)c(N)nc1=O. The first-order chi connectivity index (χ1) is 11.0. The summed E-state index contributed by atoms with van der Waals surface area (Å²) in [5.74, 6) is 5.43. The van der Waals surface area contributed by atoms with E-state index in [1.807, 2.05) is 0 Å². The number of anilines is 1. The summed E-state index contributed by atoms with van der Waals surface area (Å²) in [7, 11) is 0. The molecular weight excluding hydrogens is 302 g/mol. The second-order valence-corrected chi connectivity index (χ2v) is 4.93. The summed E-state index contributed by atoms with van der Waals surface area (Å²) < 4.78 is 12.2. The number of hydrogen-bond acceptors (Lipinski definition) is 7. The van der Waals surface area contributed by atoms with Crippen LogP contribution in [0.5, 0.6) is 0 Å². The highest BCUT2D eigenvalue weighted by atomic mass is 16.6. The Morgan fingerprint density at radius 3 is 3.00 bits per heavy atom. The van der Waals surface area contributed by atoms with Crippen LogP contribution >= 0.6 is 0 Å². The van der Waals surface area contributed by atoms with Gasteiger partial charge in [-0.05, 0) is 6.92 Å². The molecule has 8 nitrogen and oxygen atoms in total. The molecule has 124 valence electrons. The maximum atomic E-state index is 12.1. The number of aromatic nitrogens is 2. The van der Waals surface area contributed by atoms with Crippen molar-refractivity contribution in [1.29, 1.82) is 0 Å². The molecule has 0 unspecified atom stereocenters. The minimum atomic E-state index is -1.10. The van der Waals surface area contributed by atoms with E-state index in [1.54, 1.807) is 6.92 Å². The van der Waals surface area contributed by atoms with Crippen molar-refractivity contribution >= 4 is 5.82 Å². The van der Waals surface area contributed by atoms with E-state index in [2.05, 4.69) is 23.4 Å². The number of nitrogen functional groups attached to an aromatic ring is 1. The Balaban J connectivity index is 2.44. The third kappa shape index (κ3) is 3.43. The third-order valence-corrected chi connectivity index (χ3v) is 3.41. The van der Waals surface area contributed by atoms with Gasteiger partial charge in [-0.15, -0.1) is 12.5 Å². The zero-order valence-corrected chi connectivity index (χ0v) is 12.7. The molecule has 1 saturated heterocycles. The van der Waals surface area contributed by atoms with Gasteiger partial charge in [-0.3, -0.25) is 4.57 Å². The molecule has 0 radical (unpaired) electrons. The van der Waals surface area contributed by atoms with Crippen molar-refractivity contribution in [1.82, 2.24) is 9.55 Å². The van der Waals surface area contributed by atoms with E-state index in [9.17, 15) is 15.0 Å². The van der Waals surface area contributed by atoms with Crippen LogP contribution in [0.3, 0.4) is 0 Å². The Kier molecular flexibility index (Phi) is 5.52. The zero-order chi connectivity index (χ0) is 17.0. The number of hydrogen-bond donors (Lipinski definition) is 3. The summed E-state index contributed by atoms with van der Waals surface area (Å²) in [5.41, 5.74) is 5.37. The van der Waals surface area contributed by atoms with Crippen LogP contribution in [-0.2, 0) is 9.47 Å². The van der Waals surface area contributed by atoms with Crippen LogP contribution in [0.4, 0.5) is 5.82 Å². The summed E-state index contributed by atoms with van der Waals surface area (Å²) >= 11 is 0. The molecule has 1 aliphatic heterocycles. The van der Waals surface area contributed by atoms with E-state index < -0.39 is 36.8 Å². The summed E-state index contributed by atoms with van der Waals surface area (Å²) in [4.78, 5) is 15.8. The molecule has 0 bridgehead atoms. The smallest absolute Gasteiger partial charge is 0.351 e. The quantitative estimate of drug-likeness (QED) is 0.471. The third-order valence-electron chi connectivity index (χ3n) is 3.41. The average Bonchev–Trinajstić information content (AvgIpc) is 2.84. The van der Waals surface area contributed by atoms with Gasteiger partial charge in [-0.1, -0.05) is 12.0 Å². The van der Waals surface area contributed by atoms with Gasteiger partial charge in [0.05, 0.1) is 18.8 Å². The molecule has 0 saturated carbocycles. The summed E-state index contributed by atoms with van der Waals surface area (Å²) in [6.07, 6.45) is -0.887. The first kappa shape index (κ1) is 17.2. The maximum absolute atomic E-state index is 12.1. The lowest BCUT2D eigenvalue weighted by molar-refractivity contribution is -0.0685. The molecular formula is C15H19N3O5. The number of nitrogens with zero attached hydrogens (tertiary/aromatic N) is 2. The fourth-order valence-corrected chi connectivity index (χ4v) is 2.35. The molecule has 23 heavy (non-hydrogen) atoms. The summed E-state index contributed by atoms with van der Waals surface area (Å²) in [5, 5.41) is 19.5. The van der Waals surface area contributed by atoms with Gasteiger partial charge in [-0.2, -0.15) is 4.98 Å². The monoisotopic (exact) mass is 321 g/mol. The lowest BCUT2D eigenvalue weighted by Gasteiger charge is -2.22. The van der Waals surface area contributed by atoms with Crippen LogP contribution in [0, 0.1) is 11.8 Å². The van der Waals surface area contributed by atoms with Gasteiger partial charge in [0.1, 0.15) is 24.1 Å². The minimum Gasteiger partial charge on any atom is -0.394 e. The number of aliphatic hydroxyl groups excluding tert-OH is 2. The van der Waals surface area contributed by atoms with Gasteiger partial charge in [0, 0.05) is 6.20 Å². The van der Waals surface area contributed by atoms with Crippen LogP contribution in [0.15, 0.2) is 23.6 Å². The fourth-order valence-electron chi connectivity index (χ4n) is 2.35. The van der Waals surface area contributed by atoms with Crippen molar-refractivity contribution in [3.63, 3.8) is 0 Å². The Hall–Kier alpha value is -2.18. The highest BCUT2D eigenvalue weighted by Gasteiger charge is 2.45. The molecule has 0 aromatic carbocycles. The molecule has 4 atom stereocenters. The number of nitrogens with two attached hydrogens (primary N) is 1. The van der Waals surface area contributed by atoms with Crippen molar-refractivity contribution in [2.75, 3.05) is 18.9 Å². The van der Waals surface area contributed by atoms with Gasteiger partial charge in [0.2, 0.25) is 0 Å². The molecule has 2 rings (SSSR count). The molecule has 8 heteroatoms. The molecule has 0 aliphatic carbocycles.